The first-order chi connectivity index (χ1) is 17.2. The molecule has 0 fully saturated rings. The fourth-order valence-electron chi connectivity index (χ4n) is 3.22. The molecule has 4 rings (SSSR count). The van der Waals surface area contributed by atoms with E-state index in [4.69, 9.17) is 11.6 Å². The van der Waals surface area contributed by atoms with E-state index in [0.29, 0.717) is 0 Å². The number of fused-ring (bicyclic) bond motifs is 1. The molecular weight excluding hydrogens is 574 g/mol. The zero-order valence-electron chi connectivity index (χ0n) is 17.9. The van der Waals surface area contributed by atoms with Gasteiger partial charge in [0.2, 0.25) is 17.2 Å². The molecule has 1 atom stereocenters. The smallest absolute Gasteiger partial charge is 0.294 e. The number of nitrogens with one attached hydrogen (secondary N) is 2. The van der Waals surface area contributed by atoms with Crippen LogP contribution in [0.1, 0.15) is 0 Å². The van der Waals surface area contributed by atoms with E-state index in [2.05, 4.69) is 25.6 Å². The summed E-state index contributed by atoms with van der Waals surface area (Å²) in [7, 11) is -9.59. The van der Waals surface area contributed by atoms with Crippen molar-refractivity contribution in [2.45, 2.75) is 14.7 Å². The number of benzene rings is 3. The van der Waals surface area contributed by atoms with Gasteiger partial charge in [-0.2, -0.15) is 31.8 Å². The monoisotopic (exact) mass is 586 g/mol. The van der Waals surface area contributed by atoms with Crippen molar-refractivity contribution in [1.82, 2.24) is 15.0 Å². The van der Waals surface area contributed by atoms with Crippen molar-refractivity contribution in [3.63, 3.8) is 0 Å². The average Bonchev–Trinajstić information content (AvgIpc) is 2.77. The Morgan fingerprint density at radius 2 is 1.46 bits per heavy atom. The van der Waals surface area contributed by atoms with Crippen LogP contribution in [-0.4, -0.2) is 54.8 Å². The molecule has 1 aromatic heterocycles. The maximum Gasteiger partial charge on any atom is 0.294 e. The Bertz CT molecular complexity index is 1800. The zero-order chi connectivity index (χ0) is 27.1. The Balaban J connectivity index is 1.82. The maximum absolute atomic E-state index is 11.8. The number of phenols is 1. The number of hydrogen-bond donors (Lipinski definition) is 5. The molecular formula is C19H13ClN5O9S3-. The Hall–Kier alpha value is -3.45. The number of phenolic OH excluding ortho intramolecular Hbond substituents is 1. The van der Waals surface area contributed by atoms with E-state index >= 15 is 0 Å². The van der Waals surface area contributed by atoms with E-state index in [9.17, 15) is 39.8 Å². The minimum absolute atomic E-state index is 0.0169. The van der Waals surface area contributed by atoms with Gasteiger partial charge in [-0.05, 0) is 64.5 Å². The van der Waals surface area contributed by atoms with E-state index in [-0.39, 0.29) is 44.2 Å². The van der Waals surface area contributed by atoms with Gasteiger partial charge >= 0.3 is 0 Å². The molecule has 5 N–H and O–H groups in total. The van der Waals surface area contributed by atoms with Crippen molar-refractivity contribution in [3.8, 4) is 5.75 Å². The van der Waals surface area contributed by atoms with Crippen LogP contribution in [0.5, 0.6) is 5.75 Å². The zero-order valence-corrected chi connectivity index (χ0v) is 21.1. The van der Waals surface area contributed by atoms with Gasteiger partial charge in [0.15, 0.2) is 0 Å². The number of halogens is 1. The summed E-state index contributed by atoms with van der Waals surface area (Å²) in [6.45, 7) is 0. The maximum atomic E-state index is 11.8. The van der Waals surface area contributed by atoms with Gasteiger partial charge < -0.3 is 20.3 Å². The quantitative estimate of drug-likeness (QED) is 0.155. The lowest BCUT2D eigenvalue weighted by Crippen LogP contribution is -2.06. The van der Waals surface area contributed by atoms with E-state index < -0.39 is 46.9 Å². The molecule has 194 valence electrons. The van der Waals surface area contributed by atoms with Crippen LogP contribution in [0, 0.1) is 0 Å². The van der Waals surface area contributed by atoms with Crippen molar-refractivity contribution >= 4 is 77.0 Å². The van der Waals surface area contributed by atoms with Crippen LogP contribution in [-0.2, 0) is 31.3 Å². The standard InChI is InChI=1S/C19H14ClN5O9S3/c20-17-23-18(21-10-2-1-3-11(6-10)35(27)28)25-19(24-17)22-14-7-12(36(29,30)31)4-9-5-13(37(32,33)34)8-15(26)16(9)14/h1-8,26H,(H,27,28)(H,29,30,31)(H,32,33,34)(H2,21,22,23,24,25)/p-1. The predicted octanol–water partition coefficient (Wildman–Crippen LogP) is 2.60. The van der Waals surface area contributed by atoms with E-state index in [1.165, 1.54) is 24.3 Å². The van der Waals surface area contributed by atoms with E-state index in [0.717, 1.165) is 24.3 Å². The molecule has 0 radical (unpaired) electrons. The summed E-state index contributed by atoms with van der Waals surface area (Å²) in [6, 6.07) is 9.05. The predicted molar refractivity (Wildman–Crippen MR) is 130 cm³/mol. The molecule has 0 amide bonds. The topological polar surface area (TPSA) is 232 Å². The molecule has 0 aliphatic rings. The van der Waals surface area contributed by atoms with Crippen molar-refractivity contribution in [1.29, 1.82) is 0 Å². The van der Waals surface area contributed by atoms with Crippen LogP contribution in [0.15, 0.2) is 63.2 Å². The second-order valence-electron chi connectivity index (χ2n) is 7.23. The summed E-state index contributed by atoms with van der Waals surface area (Å²) in [6.07, 6.45) is 0. The van der Waals surface area contributed by atoms with E-state index in [1.54, 1.807) is 0 Å². The second kappa shape index (κ2) is 9.78. The van der Waals surface area contributed by atoms with Gasteiger partial charge in [-0.3, -0.25) is 13.3 Å². The summed E-state index contributed by atoms with van der Waals surface area (Å²) < 4.78 is 88.0. The van der Waals surface area contributed by atoms with Gasteiger partial charge in [0, 0.05) is 22.0 Å². The van der Waals surface area contributed by atoms with Gasteiger partial charge in [-0.15, -0.1) is 0 Å². The first kappa shape index (κ1) is 26.6. The van der Waals surface area contributed by atoms with Crippen LogP contribution >= 0.6 is 11.6 Å². The third kappa shape index (κ3) is 6.10. The van der Waals surface area contributed by atoms with Crippen LogP contribution in [0.4, 0.5) is 23.3 Å². The summed E-state index contributed by atoms with van der Waals surface area (Å²) >= 11 is 3.47. The number of aromatic hydroxyl groups is 1. The fraction of sp³-hybridized carbons (Fsp3) is 0. The first-order valence-electron chi connectivity index (χ1n) is 9.61. The summed E-state index contributed by atoms with van der Waals surface area (Å²) in [5.41, 5.74) is 0.0885. The Kier molecular flexibility index (Phi) is 7.04. The van der Waals surface area contributed by atoms with Crippen LogP contribution in [0.2, 0.25) is 5.28 Å². The highest BCUT2D eigenvalue weighted by Crippen LogP contribution is 2.37. The largest absolute Gasteiger partial charge is 0.768 e. The number of nitrogens with zero attached hydrogens (tertiary/aromatic N) is 3. The van der Waals surface area contributed by atoms with Gasteiger partial charge in [0.25, 0.3) is 20.2 Å². The average molecular weight is 587 g/mol. The normalized spacial score (nSPS) is 12.9. The fourth-order valence-corrected chi connectivity index (χ4v) is 4.88. The summed E-state index contributed by atoms with van der Waals surface area (Å²) in [5.74, 6) is -1.10. The minimum Gasteiger partial charge on any atom is -0.768 e. The van der Waals surface area contributed by atoms with Crippen molar-refractivity contribution in [2.75, 3.05) is 10.6 Å². The van der Waals surface area contributed by atoms with Gasteiger partial charge in [-0.25, -0.2) is 0 Å². The van der Waals surface area contributed by atoms with Crippen molar-refractivity contribution in [3.05, 3.63) is 53.8 Å². The van der Waals surface area contributed by atoms with Gasteiger partial charge in [-0.1, -0.05) is 6.07 Å². The number of rotatable bonds is 7. The van der Waals surface area contributed by atoms with Crippen molar-refractivity contribution < 1.29 is 39.8 Å². The molecule has 0 aliphatic heterocycles. The molecule has 4 aromatic rings. The first-order valence-corrected chi connectivity index (χ1v) is 13.9. The Labute approximate surface area is 216 Å². The SMILES string of the molecule is O=S([O-])c1cccc(Nc2nc(Cl)nc(Nc3cc(S(=O)(=O)O)cc4cc(S(=O)(=O)O)cc(O)c34)n2)c1. The summed E-state index contributed by atoms with van der Waals surface area (Å²) in [4.78, 5) is 10.4. The molecule has 1 heterocycles. The van der Waals surface area contributed by atoms with Gasteiger partial charge in [0.1, 0.15) is 5.75 Å². The number of aromatic nitrogens is 3. The lowest BCUT2D eigenvalue weighted by atomic mass is 10.1. The molecule has 0 saturated heterocycles. The molecule has 1 unspecified atom stereocenters. The Morgan fingerprint density at radius 1 is 0.865 bits per heavy atom. The van der Waals surface area contributed by atoms with Crippen LogP contribution in [0.3, 0.4) is 0 Å². The van der Waals surface area contributed by atoms with E-state index in [1.807, 2.05) is 0 Å². The molecule has 37 heavy (non-hydrogen) atoms. The third-order valence-corrected chi connectivity index (χ3v) is 7.18. The highest BCUT2D eigenvalue weighted by atomic mass is 35.5. The molecule has 0 bridgehead atoms. The van der Waals surface area contributed by atoms with Crippen LogP contribution in [0.25, 0.3) is 10.8 Å². The van der Waals surface area contributed by atoms with Gasteiger partial charge in [0.05, 0.1) is 15.5 Å². The molecule has 14 nitrogen and oxygen atoms in total. The second-order valence-corrected chi connectivity index (χ2v) is 11.3. The van der Waals surface area contributed by atoms with Crippen molar-refractivity contribution in [2.24, 2.45) is 0 Å². The number of hydrogen-bond acceptors (Lipinski definition) is 12. The lowest BCUT2D eigenvalue weighted by molar-refractivity contribution is 0.471. The summed E-state index contributed by atoms with van der Waals surface area (Å²) in [5, 5.41) is 15.2. The minimum atomic E-state index is -4.81. The molecule has 18 heteroatoms. The molecule has 0 aliphatic carbocycles. The highest BCUT2D eigenvalue weighted by Gasteiger charge is 2.20. The highest BCUT2D eigenvalue weighted by molar-refractivity contribution is 7.86. The molecule has 0 saturated carbocycles. The Morgan fingerprint density at radius 3 is 2.05 bits per heavy atom. The number of anilines is 4. The lowest BCUT2D eigenvalue weighted by Gasteiger charge is -2.14. The third-order valence-electron chi connectivity index (χ3n) is 4.71. The van der Waals surface area contributed by atoms with Crippen LogP contribution < -0.4 is 10.6 Å². The molecule has 0 spiro atoms. The molecule has 3 aromatic carbocycles.